The zero-order valence-electron chi connectivity index (χ0n) is 19.1. The van der Waals surface area contributed by atoms with E-state index in [0.717, 1.165) is 12.0 Å². The van der Waals surface area contributed by atoms with Gasteiger partial charge in [0.25, 0.3) is 11.8 Å². The van der Waals surface area contributed by atoms with Gasteiger partial charge in [-0.1, -0.05) is 43.7 Å². The fourth-order valence-electron chi connectivity index (χ4n) is 3.56. The summed E-state index contributed by atoms with van der Waals surface area (Å²) in [7, 11) is 0. The molecule has 174 valence electrons. The number of carbonyl (C=O) groups is 4. The van der Waals surface area contributed by atoms with Crippen LogP contribution in [-0.2, 0) is 19.1 Å². The van der Waals surface area contributed by atoms with Crippen molar-refractivity contribution in [3.05, 3.63) is 59.7 Å². The molecule has 0 spiro atoms. The first kappa shape index (κ1) is 24.0. The van der Waals surface area contributed by atoms with Gasteiger partial charge in [0, 0.05) is 18.5 Å². The summed E-state index contributed by atoms with van der Waals surface area (Å²) in [5.74, 6) is -1.85. The number of anilines is 2. The van der Waals surface area contributed by atoms with Crippen LogP contribution in [0.15, 0.2) is 48.5 Å². The van der Waals surface area contributed by atoms with E-state index in [1.54, 1.807) is 55.1 Å². The van der Waals surface area contributed by atoms with Gasteiger partial charge in [0.15, 0.2) is 6.61 Å². The molecule has 0 bridgehead atoms. The molecule has 0 radical (unpaired) electrons. The van der Waals surface area contributed by atoms with E-state index in [1.165, 1.54) is 0 Å². The van der Waals surface area contributed by atoms with E-state index < -0.39 is 24.5 Å². The predicted octanol–water partition coefficient (Wildman–Crippen LogP) is 3.06. The maximum absolute atomic E-state index is 12.6. The van der Waals surface area contributed by atoms with Crippen LogP contribution in [0.4, 0.5) is 11.4 Å². The quantitative estimate of drug-likeness (QED) is 0.600. The Bertz CT molecular complexity index is 1030. The van der Waals surface area contributed by atoms with Crippen molar-refractivity contribution in [1.29, 1.82) is 0 Å². The summed E-state index contributed by atoms with van der Waals surface area (Å²) in [6.07, 6.45) is 1.24. The van der Waals surface area contributed by atoms with Crippen LogP contribution in [0, 0.1) is 12.8 Å². The van der Waals surface area contributed by atoms with Crippen LogP contribution in [0.5, 0.6) is 0 Å². The van der Waals surface area contributed by atoms with E-state index in [1.807, 2.05) is 19.1 Å². The first-order valence-corrected chi connectivity index (χ1v) is 11.0. The van der Waals surface area contributed by atoms with E-state index in [0.29, 0.717) is 29.9 Å². The largest absolute Gasteiger partial charge is 0.454 e. The van der Waals surface area contributed by atoms with E-state index >= 15 is 0 Å². The minimum absolute atomic E-state index is 0.00669. The number of ether oxygens (including phenoxy) is 1. The van der Waals surface area contributed by atoms with Gasteiger partial charge in [0.2, 0.25) is 5.91 Å². The highest BCUT2D eigenvalue weighted by Crippen LogP contribution is 2.29. The van der Waals surface area contributed by atoms with Gasteiger partial charge in [0.1, 0.15) is 6.04 Å². The number of amides is 3. The van der Waals surface area contributed by atoms with E-state index in [4.69, 9.17) is 4.74 Å². The Hall–Kier alpha value is -3.68. The van der Waals surface area contributed by atoms with Crippen molar-refractivity contribution in [2.75, 3.05) is 23.4 Å². The Balaban J connectivity index is 1.58. The number of carbonyl (C=O) groups excluding carboxylic acids is 4. The minimum Gasteiger partial charge on any atom is -0.454 e. The summed E-state index contributed by atoms with van der Waals surface area (Å²) in [5, 5.41) is 5.39. The third-order valence-corrected chi connectivity index (χ3v) is 5.41. The van der Waals surface area contributed by atoms with Crippen LogP contribution < -0.4 is 15.5 Å². The molecule has 1 heterocycles. The van der Waals surface area contributed by atoms with Crippen LogP contribution in [-0.4, -0.2) is 42.9 Å². The Morgan fingerprint density at radius 2 is 1.76 bits per heavy atom. The third kappa shape index (κ3) is 6.19. The molecule has 1 aliphatic heterocycles. The molecule has 1 fully saturated rings. The van der Waals surface area contributed by atoms with Gasteiger partial charge >= 0.3 is 5.97 Å². The first-order chi connectivity index (χ1) is 15.8. The lowest BCUT2D eigenvalue weighted by molar-refractivity contribution is -0.150. The number of nitrogens with zero attached hydrogens (tertiary/aromatic N) is 1. The molecule has 33 heavy (non-hydrogen) atoms. The van der Waals surface area contributed by atoms with Gasteiger partial charge in [-0.3, -0.25) is 14.4 Å². The Morgan fingerprint density at radius 1 is 1.06 bits per heavy atom. The van der Waals surface area contributed by atoms with Crippen LogP contribution in [0.1, 0.15) is 42.6 Å². The van der Waals surface area contributed by atoms with Crippen molar-refractivity contribution >= 4 is 35.1 Å². The van der Waals surface area contributed by atoms with Crippen molar-refractivity contribution in [1.82, 2.24) is 5.32 Å². The molecule has 2 aromatic rings. The molecule has 8 nitrogen and oxygen atoms in total. The number of benzene rings is 2. The van der Waals surface area contributed by atoms with Gasteiger partial charge in [0.05, 0.1) is 11.4 Å². The fraction of sp³-hybridized carbons (Fsp3) is 0.360. The number of rotatable bonds is 8. The molecular weight excluding hydrogens is 422 g/mol. The number of aryl methyl sites for hydroxylation is 1. The van der Waals surface area contributed by atoms with Crippen LogP contribution in [0.2, 0.25) is 0 Å². The predicted molar refractivity (Wildman–Crippen MR) is 125 cm³/mol. The van der Waals surface area contributed by atoms with Gasteiger partial charge in [-0.15, -0.1) is 0 Å². The lowest BCUT2D eigenvalue weighted by Gasteiger charge is -2.21. The standard InChI is InChI=1S/C25H29N3O5/c1-16(2)23(27-24(31)18-12-10-17(3)11-13-18)25(32)33-15-21(29)26-19-7-4-5-8-20(19)28-14-6-9-22(28)30/h4-5,7-8,10-13,16,23H,6,9,14-15H2,1-3H3,(H,26,29)(H,27,31)/t23-/m0/s1. The summed E-state index contributed by atoms with van der Waals surface area (Å²) < 4.78 is 5.20. The van der Waals surface area contributed by atoms with Crippen LogP contribution >= 0.6 is 0 Å². The molecule has 1 saturated heterocycles. The average Bonchev–Trinajstić information content (AvgIpc) is 3.22. The number of hydrogen-bond acceptors (Lipinski definition) is 5. The van der Waals surface area contributed by atoms with E-state index in [-0.39, 0.29) is 17.7 Å². The number of hydrogen-bond donors (Lipinski definition) is 2. The summed E-state index contributed by atoms with van der Waals surface area (Å²) in [6, 6.07) is 13.1. The normalized spacial score (nSPS) is 14.2. The van der Waals surface area contributed by atoms with Crippen molar-refractivity contribution in [2.45, 2.75) is 39.7 Å². The second-order valence-corrected chi connectivity index (χ2v) is 8.38. The second-order valence-electron chi connectivity index (χ2n) is 8.38. The molecule has 3 rings (SSSR count). The van der Waals surface area contributed by atoms with E-state index in [2.05, 4.69) is 10.6 Å². The second kappa shape index (κ2) is 10.8. The minimum atomic E-state index is -0.902. The highest BCUT2D eigenvalue weighted by Gasteiger charge is 2.27. The molecule has 1 aliphatic rings. The Kier molecular flexibility index (Phi) is 7.82. The molecule has 1 atom stereocenters. The molecule has 0 unspecified atom stereocenters. The van der Waals surface area contributed by atoms with E-state index in [9.17, 15) is 19.2 Å². The highest BCUT2D eigenvalue weighted by atomic mass is 16.5. The molecule has 0 saturated carbocycles. The monoisotopic (exact) mass is 451 g/mol. The third-order valence-electron chi connectivity index (χ3n) is 5.41. The Labute approximate surface area is 193 Å². The summed E-state index contributed by atoms with van der Waals surface area (Å²) in [5.41, 5.74) is 2.55. The zero-order chi connectivity index (χ0) is 24.0. The molecule has 3 amide bonds. The number of esters is 1. The van der Waals surface area contributed by atoms with Crippen molar-refractivity contribution in [3.8, 4) is 0 Å². The summed E-state index contributed by atoms with van der Waals surface area (Å²) >= 11 is 0. The molecular formula is C25H29N3O5. The number of nitrogens with one attached hydrogen (secondary N) is 2. The lowest BCUT2D eigenvalue weighted by atomic mass is 10.0. The molecule has 0 aliphatic carbocycles. The summed E-state index contributed by atoms with van der Waals surface area (Å²) in [4.78, 5) is 51.3. The molecule has 8 heteroatoms. The number of para-hydroxylation sites is 2. The summed E-state index contributed by atoms with van der Waals surface area (Å²) in [6.45, 7) is 5.57. The fourth-order valence-corrected chi connectivity index (χ4v) is 3.56. The maximum atomic E-state index is 12.6. The van der Waals surface area contributed by atoms with Crippen LogP contribution in [0.3, 0.4) is 0 Å². The van der Waals surface area contributed by atoms with Crippen LogP contribution in [0.25, 0.3) is 0 Å². The lowest BCUT2D eigenvalue weighted by Crippen LogP contribution is -2.46. The SMILES string of the molecule is Cc1ccc(C(=O)N[C@H](C(=O)OCC(=O)Nc2ccccc2N2CCCC2=O)C(C)C)cc1. The molecule has 2 aromatic carbocycles. The van der Waals surface area contributed by atoms with Gasteiger partial charge in [-0.2, -0.15) is 0 Å². The first-order valence-electron chi connectivity index (χ1n) is 11.0. The van der Waals surface area contributed by atoms with Gasteiger partial charge in [-0.25, -0.2) is 4.79 Å². The van der Waals surface area contributed by atoms with Crippen molar-refractivity contribution < 1.29 is 23.9 Å². The van der Waals surface area contributed by atoms with Crippen molar-refractivity contribution in [2.24, 2.45) is 5.92 Å². The smallest absolute Gasteiger partial charge is 0.329 e. The van der Waals surface area contributed by atoms with Gasteiger partial charge in [-0.05, 0) is 43.5 Å². The Morgan fingerprint density at radius 3 is 2.39 bits per heavy atom. The highest BCUT2D eigenvalue weighted by molar-refractivity contribution is 6.02. The topological polar surface area (TPSA) is 105 Å². The molecule has 2 N–H and O–H groups in total. The zero-order valence-corrected chi connectivity index (χ0v) is 19.1. The van der Waals surface area contributed by atoms with Gasteiger partial charge < -0.3 is 20.3 Å². The van der Waals surface area contributed by atoms with Crippen molar-refractivity contribution in [3.63, 3.8) is 0 Å². The average molecular weight is 452 g/mol. The molecule has 0 aromatic heterocycles. The maximum Gasteiger partial charge on any atom is 0.329 e.